The van der Waals surface area contributed by atoms with Gasteiger partial charge in [0.2, 0.25) is 0 Å². The highest BCUT2D eigenvalue weighted by Gasteiger charge is 1.94. The molecule has 0 aliphatic carbocycles. The van der Waals surface area contributed by atoms with Crippen molar-refractivity contribution in [1.82, 2.24) is 0 Å². The molecule has 11 heavy (non-hydrogen) atoms. The lowest BCUT2D eigenvalue weighted by atomic mass is 10.1. The number of allylic oxidation sites excluding steroid dienone is 1. The van der Waals surface area contributed by atoms with Crippen LogP contribution in [0.5, 0.6) is 0 Å². The maximum atomic E-state index is 5.80. The molecule has 0 aliphatic rings. The fourth-order valence-corrected chi connectivity index (χ4v) is 1.22. The van der Waals surface area contributed by atoms with E-state index in [0.29, 0.717) is 5.38 Å². The Morgan fingerprint density at radius 1 is 1.27 bits per heavy atom. The molecule has 1 atom stereocenters. The van der Waals surface area contributed by atoms with E-state index in [2.05, 4.69) is 13.5 Å². The number of rotatable bonds is 7. The molecular formula is C10H19Cl. The minimum absolute atomic E-state index is 0.356. The van der Waals surface area contributed by atoms with E-state index in [9.17, 15) is 0 Å². The highest BCUT2D eigenvalue weighted by atomic mass is 35.5. The first-order valence-corrected chi connectivity index (χ1v) is 4.96. The third kappa shape index (κ3) is 10.0. The van der Waals surface area contributed by atoms with Gasteiger partial charge in [-0.15, -0.1) is 18.2 Å². The van der Waals surface area contributed by atoms with Crippen molar-refractivity contribution in [2.24, 2.45) is 0 Å². The van der Waals surface area contributed by atoms with Crippen molar-refractivity contribution in [2.75, 3.05) is 0 Å². The van der Waals surface area contributed by atoms with Crippen LogP contribution in [0.25, 0.3) is 0 Å². The summed E-state index contributed by atoms with van der Waals surface area (Å²) in [5.74, 6) is 0. The van der Waals surface area contributed by atoms with Crippen molar-refractivity contribution >= 4 is 11.6 Å². The molecule has 1 unspecified atom stereocenters. The van der Waals surface area contributed by atoms with Crippen LogP contribution in [0.1, 0.15) is 45.4 Å². The second-order valence-corrected chi connectivity index (χ2v) is 3.81. The first-order chi connectivity index (χ1) is 5.27. The molecule has 0 bridgehead atoms. The third-order valence-corrected chi connectivity index (χ3v) is 1.98. The van der Waals surface area contributed by atoms with Crippen LogP contribution in [0.15, 0.2) is 12.7 Å². The van der Waals surface area contributed by atoms with Crippen LogP contribution in [-0.4, -0.2) is 5.38 Å². The van der Waals surface area contributed by atoms with Crippen molar-refractivity contribution in [3.05, 3.63) is 12.7 Å². The van der Waals surface area contributed by atoms with Crippen molar-refractivity contribution in [3.63, 3.8) is 0 Å². The summed E-state index contributed by atoms with van der Waals surface area (Å²) in [7, 11) is 0. The fourth-order valence-electron chi connectivity index (χ4n) is 1.07. The van der Waals surface area contributed by atoms with Gasteiger partial charge in [-0.1, -0.05) is 25.3 Å². The van der Waals surface area contributed by atoms with Crippen molar-refractivity contribution in [1.29, 1.82) is 0 Å². The highest BCUT2D eigenvalue weighted by Crippen LogP contribution is 2.10. The molecule has 0 aliphatic heterocycles. The van der Waals surface area contributed by atoms with Gasteiger partial charge in [-0.2, -0.15) is 0 Å². The van der Waals surface area contributed by atoms with E-state index in [1.165, 1.54) is 25.7 Å². The molecule has 0 aromatic rings. The molecule has 0 rings (SSSR count). The van der Waals surface area contributed by atoms with E-state index >= 15 is 0 Å². The zero-order chi connectivity index (χ0) is 8.53. The van der Waals surface area contributed by atoms with Gasteiger partial charge < -0.3 is 0 Å². The summed E-state index contributed by atoms with van der Waals surface area (Å²) in [6, 6.07) is 0. The Hall–Kier alpha value is 0.0300. The van der Waals surface area contributed by atoms with E-state index in [-0.39, 0.29) is 0 Å². The van der Waals surface area contributed by atoms with Gasteiger partial charge in [0, 0.05) is 5.38 Å². The second kappa shape index (κ2) is 8.13. The van der Waals surface area contributed by atoms with Gasteiger partial charge in [-0.05, 0) is 26.2 Å². The minimum atomic E-state index is 0.356. The minimum Gasteiger partial charge on any atom is -0.123 e. The smallest absolute Gasteiger partial charge is 0.0307 e. The summed E-state index contributed by atoms with van der Waals surface area (Å²) in [5.41, 5.74) is 0. The van der Waals surface area contributed by atoms with E-state index in [0.717, 1.165) is 12.8 Å². The van der Waals surface area contributed by atoms with Gasteiger partial charge in [0.15, 0.2) is 0 Å². The molecule has 0 saturated heterocycles. The number of hydrogen-bond acceptors (Lipinski definition) is 0. The van der Waals surface area contributed by atoms with Crippen LogP contribution in [0, 0.1) is 0 Å². The lowest BCUT2D eigenvalue weighted by Gasteiger charge is -2.01. The van der Waals surface area contributed by atoms with E-state index < -0.39 is 0 Å². The average Bonchev–Trinajstić information content (AvgIpc) is 1.96. The lowest BCUT2D eigenvalue weighted by molar-refractivity contribution is 0.614. The van der Waals surface area contributed by atoms with E-state index in [4.69, 9.17) is 11.6 Å². The SMILES string of the molecule is C=CCCCCCCC(C)Cl. The molecule has 0 aromatic heterocycles. The number of hydrogen-bond donors (Lipinski definition) is 0. The molecule has 0 spiro atoms. The molecule has 66 valence electrons. The molecule has 0 heterocycles. The average molecular weight is 175 g/mol. The maximum Gasteiger partial charge on any atom is 0.0307 e. The molecule has 0 amide bonds. The number of alkyl halides is 1. The summed E-state index contributed by atoms with van der Waals surface area (Å²) in [5, 5.41) is 0.356. The summed E-state index contributed by atoms with van der Waals surface area (Å²) in [6.45, 7) is 5.75. The summed E-state index contributed by atoms with van der Waals surface area (Å²) in [4.78, 5) is 0. The van der Waals surface area contributed by atoms with Crippen LogP contribution >= 0.6 is 11.6 Å². The van der Waals surface area contributed by atoms with Gasteiger partial charge >= 0.3 is 0 Å². The first-order valence-electron chi connectivity index (χ1n) is 4.52. The Kier molecular flexibility index (Phi) is 8.15. The predicted octanol–water partition coefficient (Wildman–Crippen LogP) is 4.14. The normalized spacial score (nSPS) is 12.9. The lowest BCUT2D eigenvalue weighted by Crippen LogP contribution is -1.89. The third-order valence-electron chi connectivity index (χ3n) is 1.76. The zero-order valence-electron chi connectivity index (χ0n) is 7.48. The van der Waals surface area contributed by atoms with Crippen LogP contribution < -0.4 is 0 Å². The monoisotopic (exact) mass is 174 g/mol. The van der Waals surface area contributed by atoms with Gasteiger partial charge in [0.05, 0.1) is 0 Å². The first kappa shape index (κ1) is 11.0. The highest BCUT2D eigenvalue weighted by molar-refractivity contribution is 6.20. The summed E-state index contributed by atoms with van der Waals surface area (Å²) >= 11 is 5.80. The Morgan fingerprint density at radius 3 is 2.45 bits per heavy atom. The van der Waals surface area contributed by atoms with Gasteiger partial charge in [0.1, 0.15) is 0 Å². The Labute approximate surface area is 75.6 Å². The Morgan fingerprint density at radius 2 is 1.91 bits per heavy atom. The van der Waals surface area contributed by atoms with Gasteiger partial charge in [-0.3, -0.25) is 0 Å². The predicted molar refractivity (Wildman–Crippen MR) is 53.2 cm³/mol. The molecule has 0 radical (unpaired) electrons. The summed E-state index contributed by atoms with van der Waals surface area (Å²) < 4.78 is 0. The second-order valence-electron chi connectivity index (χ2n) is 3.06. The molecule has 0 fully saturated rings. The van der Waals surface area contributed by atoms with Crippen LogP contribution in [-0.2, 0) is 0 Å². The van der Waals surface area contributed by atoms with Gasteiger partial charge in [0.25, 0.3) is 0 Å². The molecular weight excluding hydrogens is 156 g/mol. The fraction of sp³-hybridized carbons (Fsp3) is 0.800. The maximum absolute atomic E-state index is 5.80. The zero-order valence-corrected chi connectivity index (χ0v) is 8.24. The largest absolute Gasteiger partial charge is 0.123 e. The molecule has 1 heteroatoms. The van der Waals surface area contributed by atoms with Crippen LogP contribution in [0.4, 0.5) is 0 Å². The Bertz CT molecular complexity index is 86.9. The molecule has 0 aromatic carbocycles. The molecule has 0 saturated carbocycles. The number of unbranched alkanes of at least 4 members (excludes halogenated alkanes) is 4. The molecule has 0 N–H and O–H groups in total. The van der Waals surface area contributed by atoms with E-state index in [1.54, 1.807) is 0 Å². The van der Waals surface area contributed by atoms with Crippen LogP contribution in [0.3, 0.4) is 0 Å². The van der Waals surface area contributed by atoms with Crippen molar-refractivity contribution in [2.45, 2.75) is 50.8 Å². The van der Waals surface area contributed by atoms with Crippen molar-refractivity contribution < 1.29 is 0 Å². The Balaban J connectivity index is 2.85. The molecule has 0 nitrogen and oxygen atoms in total. The summed E-state index contributed by atoms with van der Waals surface area (Å²) in [6.07, 6.45) is 9.54. The van der Waals surface area contributed by atoms with Crippen LogP contribution in [0.2, 0.25) is 0 Å². The van der Waals surface area contributed by atoms with Crippen molar-refractivity contribution in [3.8, 4) is 0 Å². The standard InChI is InChI=1S/C10H19Cl/c1-3-4-5-6-7-8-9-10(2)11/h3,10H,1,4-9H2,2H3. The van der Waals surface area contributed by atoms with Gasteiger partial charge in [-0.25, -0.2) is 0 Å². The van der Waals surface area contributed by atoms with E-state index in [1.807, 2.05) is 6.08 Å². The number of halogens is 1. The quantitative estimate of drug-likeness (QED) is 0.309. The topological polar surface area (TPSA) is 0 Å².